The van der Waals surface area contributed by atoms with E-state index in [2.05, 4.69) is 11.4 Å². The molecule has 0 spiro atoms. The molecule has 0 aliphatic carbocycles. The van der Waals surface area contributed by atoms with Gasteiger partial charge in [0.2, 0.25) is 0 Å². The summed E-state index contributed by atoms with van der Waals surface area (Å²) in [5, 5.41) is 13.3. The van der Waals surface area contributed by atoms with Gasteiger partial charge in [0.1, 0.15) is 6.07 Å². The molecule has 0 bridgehead atoms. The molecule has 2 rings (SSSR count). The Hall–Kier alpha value is -1.63. The number of rotatable bonds is 3. The standard InChI is InChI=1S/C15H13ClN2S/c1-10-8-11(16)6-7-13(10)18-14-4-3-5-15(19-2)12(14)9-17/h3-8,18H,1-2H3. The van der Waals surface area contributed by atoms with Gasteiger partial charge < -0.3 is 5.32 Å². The van der Waals surface area contributed by atoms with Crippen molar-refractivity contribution in [2.45, 2.75) is 11.8 Å². The van der Waals surface area contributed by atoms with Crippen LogP contribution < -0.4 is 5.32 Å². The van der Waals surface area contributed by atoms with Gasteiger partial charge in [0, 0.05) is 15.6 Å². The summed E-state index contributed by atoms with van der Waals surface area (Å²) < 4.78 is 0. The van der Waals surface area contributed by atoms with Crippen molar-refractivity contribution >= 4 is 34.7 Å². The van der Waals surface area contributed by atoms with E-state index < -0.39 is 0 Å². The van der Waals surface area contributed by atoms with Crippen LogP contribution in [0.4, 0.5) is 11.4 Å². The van der Waals surface area contributed by atoms with E-state index >= 15 is 0 Å². The number of thioether (sulfide) groups is 1. The largest absolute Gasteiger partial charge is 0.354 e. The number of nitriles is 1. The van der Waals surface area contributed by atoms with E-state index in [1.807, 2.05) is 49.6 Å². The van der Waals surface area contributed by atoms with Crippen molar-refractivity contribution in [2.75, 3.05) is 11.6 Å². The van der Waals surface area contributed by atoms with Crippen LogP contribution in [-0.2, 0) is 0 Å². The Morgan fingerprint density at radius 2 is 2.00 bits per heavy atom. The first-order chi connectivity index (χ1) is 9.15. The molecule has 4 heteroatoms. The van der Waals surface area contributed by atoms with Crippen LogP contribution in [0.1, 0.15) is 11.1 Å². The van der Waals surface area contributed by atoms with Crippen molar-refractivity contribution in [3.05, 3.63) is 52.5 Å². The normalized spacial score (nSPS) is 10.0. The van der Waals surface area contributed by atoms with Gasteiger partial charge >= 0.3 is 0 Å². The van der Waals surface area contributed by atoms with Crippen LogP contribution in [0, 0.1) is 18.3 Å². The summed E-state index contributed by atoms with van der Waals surface area (Å²) in [5.41, 5.74) is 3.49. The van der Waals surface area contributed by atoms with E-state index in [0.717, 1.165) is 21.8 Å². The van der Waals surface area contributed by atoms with E-state index in [1.165, 1.54) is 0 Å². The molecule has 0 amide bonds. The van der Waals surface area contributed by atoms with Gasteiger partial charge in [-0.1, -0.05) is 17.7 Å². The topological polar surface area (TPSA) is 35.8 Å². The molecule has 19 heavy (non-hydrogen) atoms. The zero-order chi connectivity index (χ0) is 13.8. The van der Waals surface area contributed by atoms with Gasteiger partial charge in [-0.15, -0.1) is 11.8 Å². The molecule has 0 heterocycles. The van der Waals surface area contributed by atoms with Crippen molar-refractivity contribution in [1.82, 2.24) is 0 Å². The molecule has 96 valence electrons. The molecule has 1 N–H and O–H groups in total. The fourth-order valence-corrected chi connectivity index (χ4v) is 2.63. The lowest BCUT2D eigenvalue weighted by atomic mass is 10.1. The molecule has 0 fully saturated rings. The average molecular weight is 289 g/mol. The Morgan fingerprint density at radius 3 is 2.63 bits per heavy atom. The minimum Gasteiger partial charge on any atom is -0.354 e. The first kappa shape index (κ1) is 13.8. The Labute approximate surface area is 122 Å². The third-order valence-electron chi connectivity index (χ3n) is 2.82. The summed E-state index contributed by atoms with van der Waals surface area (Å²) in [7, 11) is 0. The summed E-state index contributed by atoms with van der Waals surface area (Å²) >= 11 is 7.51. The number of nitrogens with zero attached hydrogens (tertiary/aromatic N) is 1. The Morgan fingerprint density at radius 1 is 1.21 bits per heavy atom. The summed E-state index contributed by atoms with van der Waals surface area (Å²) in [5.74, 6) is 0. The van der Waals surface area contributed by atoms with Crippen LogP contribution in [0.25, 0.3) is 0 Å². The van der Waals surface area contributed by atoms with Gasteiger partial charge in [-0.2, -0.15) is 5.26 Å². The SMILES string of the molecule is CSc1cccc(Nc2ccc(Cl)cc2C)c1C#N. The van der Waals surface area contributed by atoms with Crippen molar-refractivity contribution in [3.8, 4) is 6.07 Å². The van der Waals surface area contributed by atoms with E-state index in [1.54, 1.807) is 11.8 Å². The lowest BCUT2D eigenvalue weighted by Gasteiger charge is -2.12. The minimum absolute atomic E-state index is 0.671. The first-order valence-electron chi connectivity index (χ1n) is 5.76. The summed E-state index contributed by atoms with van der Waals surface area (Å²) in [6.07, 6.45) is 1.97. The third-order valence-corrected chi connectivity index (χ3v) is 3.83. The van der Waals surface area contributed by atoms with Gasteiger partial charge in [0.15, 0.2) is 0 Å². The van der Waals surface area contributed by atoms with Crippen LogP contribution in [0.3, 0.4) is 0 Å². The first-order valence-corrected chi connectivity index (χ1v) is 7.36. The lowest BCUT2D eigenvalue weighted by Crippen LogP contribution is -1.96. The van der Waals surface area contributed by atoms with E-state index in [0.29, 0.717) is 10.6 Å². The zero-order valence-corrected chi connectivity index (χ0v) is 12.3. The van der Waals surface area contributed by atoms with Crippen LogP contribution >= 0.6 is 23.4 Å². The Balaban J connectivity index is 2.41. The third kappa shape index (κ3) is 3.04. The summed E-state index contributed by atoms with van der Waals surface area (Å²) in [4.78, 5) is 0.971. The number of hydrogen-bond acceptors (Lipinski definition) is 3. The number of halogens is 1. The highest BCUT2D eigenvalue weighted by Gasteiger charge is 2.08. The number of nitrogens with one attached hydrogen (secondary N) is 1. The molecule has 0 unspecified atom stereocenters. The van der Waals surface area contributed by atoms with Gasteiger partial charge in [-0.25, -0.2) is 0 Å². The Bertz CT molecular complexity index is 647. The highest BCUT2D eigenvalue weighted by Crippen LogP contribution is 2.30. The molecule has 2 aromatic rings. The molecular weight excluding hydrogens is 276 g/mol. The van der Waals surface area contributed by atoms with Crippen molar-refractivity contribution in [3.63, 3.8) is 0 Å². The van der Waals surface area contributed by atoms with E-state index in [9.17, 15) is 5.26 Å². The van der Waals surface area contributed by atoms with Gasteiger partial charge in [0.25, 0.3) is 0 Å². The number of benzene rings is 2. The fraction of sp³-hybridized carbons (Fsp3) is 0.133. The zero-order valence-electron chi connectivity index (χ0n) is 10.7. The average Bonchev–Trinajstić information content (AvgIpc) is 2.41. The minimum atomic E-state index is 0.671. The highest BCUT2D eigenvalue weighted by molar-refractivity contribution is 7.98. The second-order valence-electron chi connectivity index (χ2n) is 4.08. The molecule has 0 atom stereocenters. The predicted molar refractivity (Wildman–Crippen MR) is 82.4 cm³/mol. The maximum atomic E-state index is 9.30. The molecular formula is C15H13ClN2S. The molecule has 0 saturated carbocycles. The fourth-order valence-electron chi connectivity index (χ4n) is 1.83. The van der Waals surface area contributed by atoms with E-state index in [4.69, 9.17) is 11.6 Å². The molecule has 0 radical (unpaired) electrons. The van der Waals surface area contributed by atoms with Crippen LogP contribution in [0.2, 0.25) is 5.02 Å². The van der Waals surface area contributed by atoms with Crippen molar-refractivity contribution < 1.29 is 0 Å². The number of hydrogen-bond donors (Lipinski definition) is 1. The van der Waals surface area contributed by atoms with Gasteiger partial charge in [-0.3, -0.25) is 0 Å². The maximum Gasteiger partial charge on any atom is 0.103 e. The smallest absolute Gasteiger partial charge is 0.103 e. The van der Waals surface area contributed by atoms with Crippen molar-refractivity contribution in [2.24, 2.45) is 0 Å². The molecule has 2 aromatic carbocycles. The van der Waals surface area contributed by atoms with Gasteiger partial charge in [-0.05, 0) is 49.1 Å². The monoisotopic (exact) mass is 288 g/mol. The molecule has 0 aliphatic heterocycles. The summed E-state index contributed by atoms with van der Waals surface area (Å²) in [6.45, 7) is 1.98. The maximum absolute atomic E-state index is 9.30. The van der Waals surface area contributed by atoms with Gasteiger partial charge in [0.05, 0.1) is 11.3 Å². The highest BCUT2D eigenvalue weighted by atomic mass is 35.5. The molecule has 0 saturated heterocycles. The molecule has 2 nitrogen and oxygen atoms in total. The van der Waals surface area contributed by atoms with E-state index in [-0.39, 0.29) is 0 Å². The summed E-state index contributed by atoms with van der Waals surface area (Å²) in [6, 6.07) is 13.7. The van der Waals surface area contributed by atoms with Crippen molar-refractivity contribution in [1.29, 1.82) is 5.26 Å². The number of aryl methyl sites for hydroxylation is 1. The second kappa shape index (κ2) is 6.01. The van der Waals surface area contributed by atoms with Crippen LogP contribution in [0.15, 0.2) is 41.3 Å². The Kier molecular flexibility index (Phi) is 4.36. The molecule has 0 aromatic heterocycles. The predicted octanol–water partition coefficient (Wildman–Crippen LogP) is 4.99. The number of anilines is 2. The van der Waals surface area contributed by atoms with Crippen LogP contribution in [0.5, 0.6) is 0 Å². The molecule has 0 aliphatic rings. The van der Waals surface area contributed by atoms with Crippen LogP contribution in [-0.4, -0.2) is 6.26 Å². The lowest BCUT2D eigenvalue weighted by molar-refractivity contribution is 1.35. The quantitative estimate of drug-likeness (QED) is 0.809. The second-order valence-corrected chi connectivity index (χ2v) is 5.36.